The van der Waals surface area contributed by atoms with Crippen LogP contribution in [0.1, 0.15) is 16.3 Å². The van der Waals surface area contributed by atoms with E-state index in [-0.39, 0.29) is 11.6 Å². The van der Waals surface area contributed by atoms with Crippen molar-refractivity contribution in [1.29, 1.82) is 0 Å². The van der Waals surface area contributed by atoms with Crippen LogP contribution in [0.25, 0.3) is 0 Å². The molecular weight excluding hydrogens is 184 g/mol. The molecular formula is C7H8N6O. The van der Waals surface area contributed by atoms with E-state index in [0.29, 0.717) is 12.4 Å². The maximum atomic E-state index is 11.3. The van der Waals surface area contributed by atoms with Crippen molar-refractivity contribution in [2.45, 2.75) is 6.54 Å². The molecule has 14 heavy (non-hydrogen) atoms. The Morgan fingerprint density at radius 2 is 2.50 bits per heavy atom. The van der Waals surface area contributed by atoms with Crippen LogP contribution in [0.15, 0.2) is 18.6 Å². The molecule has 0 spiro atoms. The first-order chi connectivity index (χ1) is 6.86. The van der Waals surface area contributed by atoms with E-state index in [1.807, 2.05) is 0 Å². The molecule has 0 aromatic carbocycles. The molecule has 2 aromatic heterocycles. The number of aromatic nitrogens is 5. The Hall–Kier alpha value is -2.18. The molecule has 0 bridgehead atoms. The summed E-state index contributed by atoms with van der Waals surface area (Å²) in [5.74, 6) is 0.414. The second-order valence-electron chi connectivity index (χ2n) is 2.57. The summed E-state index contributed by atoms with van der Waals surface area (Å²) in [6.45, 7) is 0.346. The number of hydrogen-bond donors (Lipinski definition) is 3. The van der Waals surface area contributed by atoms with E-state index in [1.165, 1.54) is 6.20 Å². The maximum Gasteiger partial charge on any atom is 0.273 e. The van der Waals surface area contributed by atoms with Crippen LogP contribution in [0.2, 0.25) is 0 Å². The number of amides is 1. The van der Waals surface area contributed by atoms with Crippen molar-refractivity contribution >= 4 is 5.91 Å². The van der Waals surface area contributed by atoms with Crippen LogP contribution in [-0.2, 0) is 6.54 Å². The van der Waals surface area contributed by atoms with Crippen molar-refractivity contribution < 1.29 is 4.79 Å². The zero-order chi connectivity index (χ0) is 9.80. The van der Waals surface area contributed by atoms with E-state index in [1.54, 1.807) is 12.4 Å². The molecule has 2 heterocycles. The monoisotopic (exact) mass is 192 g/mol. The average Bonchev–Trinajstić information content (AvgIpc) is 2.87. The topological polar surface area (TPSA) is 99.4 Å². The van der Waals surface area contributed by atoms with Crippen molar-refractivity contribution in [3.63, 3.8) is 0 Å². The first-order valence-corrected chi connectivity index (χ1v) is 3.98. The summed E-state index contributed by atoms with van der Waals surface area (Å²) in [7, 11) is 0. The van der Waals surface area contributed by atoms with Crippen molar-refractivity contribution in [2.75, 3.05) is 0 Å². The number of imidazole rings is 1. The number of nitrogens with one attached hydrogen (secondary N) is 3. The van der Waals surface area contributed by atoms with Gasteiger partial charge in [0.05, 0.1) is 12.7 Å². The van der Waals surface area contributed by atoms with E-state index >= 15 is 0 Å². The fourth-order valence-electron chi connectivity index (χ4n) is 0.960. The largest absolute Gasteiger partial charge is 0.347 e. The van der Waals surface area contributed by atoms with Crippen LogP contribution in [0.4, 0.5) is 0 Å². The summed E-state index contributed by atoms with van der Waals surface area (Å²) in [5, 5.41) is 12.2. The molecule has 2 rings (SSSR count). The highest BCUT2D eigenvalue weighted by molar-refractivity contribution is 5.91. The fraction of sp³-hybridized carbons (Fsp3) is 0.143. The van der Waals surface area contributed by atoms with Gasteiger partial charge in [0.25, 0.3) is 5.91 Å². The highest BCUT2D eigenvalue weighted by Gasteiger charge is 2.07. The minimum atomic E-state index is -0.282. The first kappa shape index (κ1) is 8.42. The van der Waals surface area contributed by atoms with Crippen LogP contribution >= 0.6 is 0 Å². The van der Waals surface area contributed by atoms with Gasteiger partial charge in [-0.05, 0) is 0 Å². The Bertz CT molecular complexity index is 392. The Kier molecular flexibility index (Phi) is 2.22. The highest BCUT2D eigenvalue weighted by atomic mass is 16.1. The third-order valence-electron chi connectivity index (χ3n) is 1.62. The first-order valence-electron chi connectivity index (χ1n) is 3.98. The smallest absolute Gasteiger partial charge is 0.273 e. The molecule has 7 nitrogen and oxygen atoms in total. The number of nitrogens with zero attached hydrogens (tertiary/aromatic N) is 3. The number of hydrogen-bond acceptors (Lipinski definition) is 4. The molecule has 0 aliphatic heterocycles. The van der Waals surface area contributed by atoms with Crippen molar-refractivity contribution in [2.24, 2.45) is 0 Å². The van der Waals surface area contributed by atoms with Gasteiger partial charge in [-0.2, -0.15) is 15.4 Å². The van der Waals surface area contributed by atoms with Crippen molar-refractivity contribution in [1.82, 2.24) is 30.7 Å². The molecule has 0 atom stereocenters. The number of carbonyl (C=O) groups excluding carboxylic acids is 1. The lowest BCUT2D eigenvalue weighted by Crippen LogP contribution is -2.23. The second kappa shape index (κ2) is 3.69. The number of H-pyrrole nitrogens is 2. The lowest BCUT2D eigenvalue weighted by Gasteiger charge is -1.98. The van der Waals surface area contributed by atoms with Crippen molar-refractivity contribution in [3.05, 3.63) is 30.1 Å². The normalized spacial score (nSPS) is 10.0. The molecule has 0 aliphatic carbocycles. The lowest BCUT2D eigenvalue weighted by molar-refractivity contribution is 0.0945. The van der Waals surface area contributed by atoms with Gasteiger partial charge < -0.3 is 10.3 Å². The standard InChI is InChI=1S/C7H8N6O/c14-7(5-3-11-13-12-5)10-4-6-8-1-2-9-6/h1-3H,4H2,(H,8,9)(H,10,14)(H,11,12,13). The molecule has 2 aromatic rings. The summed E-state index contributed by atoms with van der Waals surface area (Å²) in [6, 6.07) is 0. The van der Waals surface area contributed by atoms with E-state index in [4.69, 9.17) is 0 Å². The SMILES string of the molecule is O=C(NCc1ncc[nH]1)c1cn[nH]n1. The van der Waals surface area contributed by atoms with E-state index in [9.17, 15) is 4.79 Å². The molecule has 7 heteroatoms. The molecule has 0 radical (unpaired) electrons. The quantitative estimate of drug-likeness (QED) is 0.608. The number of aromatic amines is 2. The van der Waals surface area contributed by atoms with Crippen LogP contribution in [0, 0.1) is 0 Å². The van der Waals surface area contributed by atoms with Gasteiger partial charge in [-0.3, -0.25) is 4.79 Å². The Balaban J connectivity index is 1.90. The van der Waals surface area contributed by atoms with Gasteiger partial charge in [-0.25, -0.2) is 4.98 Å². The van der Waals surface area contributed by atoms with Gasteiger partial charge in [-0.1, -0.05) is 0 Å². The minimum absolute atomic E-state index is 0.261. The average molecular weight is 192 g/mol. The molecule has 72 valence electrons. The molecule has 0 saturated carbocycles. The lowest BCUT2D eigenvalue weighted by atomic mass is 10.4. The summed E-state index contributed by atoms with van der Waals surface area (Å²) in [4.78, 5) is 18.1. The summed E-state index contributed by atoms with van der Waals surface area (Å²) >= 11 is 0. The van der Waals surface area contributed by atoms with Crippen LogP contribution in [-0.4, -0.2) is 31.3 Å². The van der Waals surface area contributed by atoms with Crippen LogP contribution in [0.5, 0.6) is 0 Å². The molecule has 0 unspecified atom stereocenters. The molecule has 3 N–H and O–H groups in total. The van der Waals surface area contributed by atoms with E-state index < -0.39 is 0 Å². The molecule has 0 saturated heterocycles. The second-order valence-corrected chi connectivity index (χ2v) is 2.57. The molecule has 1 amide bonds. The summed E-state index contributed by atoms with van der Waals surface area (Å²) in [5.41, 5.74) is 0.261. The molecule has 0 fully saturated rings. The third kappa shape index (κ3) is 1.76. The van der Waals surface area contributed by atoms with Gasteiger partial charge >= 0.3 is 0 Å². The zero-order valence-corrected chi connectivity index (χ0v) is 7.19. The van der Waals surface area contributed by atoms with Gasteiger partial charge in [-0.15, -0.1) is 0 Å². The maximum absolute atomic E-state index is 11.3. The van der Waals surface area contributed by atoms with Crippen molar-refractivity contribution in [3.8, 4) is 0 Å². The van der Waals surface area contributed by atoms with Crippen LogP contribution < -0.4 is 5.32 Å². The van der Waals surface area contributed by atoms with Gasteiger partial charge in [0.1, 0.15) is 5.82 Å². The van der Waals surface area contributed by atoms with E-state index in [0.717, 1.165) is 0 Å². The van der Waals surface area contributed by atoms with Gasteiger partial charge in [0, 0.05) is 12.4 Å². The van der Waals surface area contributed by atoms with Crippen LogP contribution in [0.3, 0.4) is 0 Å². The summed E-state index contributed by atoms with van der Waals surface area (Å²) < 4.78 is 0. The van der Waals surface area contributed by atoms with E-state index in [2.05, 4.69) is 30.7 Å². The predicted octanol–water partition coefficient (Wildman–Crippen LogP) is -0.542. The van der Waals surface area contributed by atoms with Gasteiger partial charge in [0.15, 0.2) is 5.69 Å². The number of carbonyl (C=O) groups is 1. The third-order valence-corrected chi connectivity index (χ3v) is 1.62. The Labute approximate surface area is 78.9 Å². The Morgan fingerprint density at radius 1 is 1.57 bits per heavy atom. The molecule has 0 aliphatic rings. The Morgan fingerprint density at radius 3 is 3.14 bits per heavy atom. The zero-order valence-electron chi connectivity index (χ0n) is 7.19. The minimum Gasteiger partial charge on any atom is -0.347 e. The fourth-order valence-corrected chi connectivity index (χ4v) is 0.960. The summed E-state index contributed by atoms with van der Waals surface area (Å²) in [6.07, 6.45) is 4.67. The highest BCUT2D eigenvalue weighted by Crippen LogP contribution is 1.91. The number of rotatable bonds is 3. The predicted molar refractivity (Wildman–Crippen MR) is 46.1 cm³/mol. The van der Waals surface area contributed by atoms with Gasteiger partial charge in [0.2, 0.25) is 0 Å².